The molecule has 6 heteroatoms. The normalized spacial score (nSPS) is 10.7. The topological polar surface area (TPSA) is 86.0 Å². The molecular weight excluding hydrogens is 256 g/mol. The van der Waals surface area contributed by atoms with Gasteiger partial charge in [0, 0.05) is 0 Å². The van der Waals surface area contributed by atoms with Crippen LogP contribution >= 0.6 is 0 Å². The van der Waals surface area contributed by atoms with E-state index in [-0.39, 0.29) is 0 Å². The van der Waals surface area contributed by atoms with Crippen molar-refractivity contribution < 1.29 is 9.47 Å². The van der Waals surface area contributed by atoms with Crippen LogP contribution < -0.4 is 15.2 Å². The lowest BCUT2D eigenvalue weighted by molar-refractivity contribution is 0.356. The van der Waals surface area contributed by atoms with Crippen molar-refractivity contribution in [1.29, 1.82) is 0 Å². The number of aromatic nitrogens is 3. The summed E-state index contributed by atoms with van der Waals surface area (Å²) >= 11 is 0. The summed E-state index contributed by atoms with van der Waals surface area (Å²) in [7, 11) is 3.20. The fourth-order valence-electron chi connectivity index (χ4n) is 2.11. The Morgan fingerprint density at radius 1 is 1.05 bits per heavy atom. The molecule has 0 unspecified atom stereocenters. The quantitative estimate of drug-likeness (QED) is 0.762. The number of nitrogen functional groups attached to an aromatic ring is 1. The molecule has 0 spiro atoms. The summed E-state index contributed by atoms with van der Waals surface area (Å²) in [6.45, 7) is 0. The fraction of sp³-hybridized carbons (Fsp3) is 0.143. The van der Waals surface area contributed by atoms with Gasteiger partial charge in [0.05, 0.1) is 25.3 Å². The Balaban J connectivity index is 2.20. The molecule has 0 amide bonds. The van der Waals surface area contributed by atoms with E-state index in [2.05, 4.69) is 15.0 Å². The SMILES string of the molecule is COc1cccc(-c2nc3nc(N)ccc3[nH]2)c1OC. The van der Waals surface area contributed by atoms with Gasteiger partial charge in [0.25, 0.3) is 0 Å². The predicted molar refractivity (Wildman–Crippen MR) is 76.8 cm³/mol. The number of benzene rings is 1. The molecule has 0 saturated carbocycles. The average molecular weight is 270 g/mol. The summed E-state index contributed by atoms with van der Waals surface area (Å²) in [6.07, 6.45) is 0. The minimum absolute atomic E-state index is 0.438. The molecular formula is C14H14N4O2. The van der Waals surface area contributed by atoms with Crippen LogP contribution in [0.25, 0.3) is 22.6 Å². The first-order chi connectivity index (χ1) is 9.72. The minimum atomic E-state index is 0.438. The third-order valence-electron chi connectivity index (χ3n) is 3.03. The number of methoxy groups -OCH3 is 2. The highest BCUT2D eigenvalue weighted by molar-refractivity contribution is 5.79. The van der Waals surface area contributed by atoms with Crippen molar-refractivity contribution in [3.05, 3.63) is 30.3 Å². The highest BCUT2D eigenvalue weighted by Crippen LogP contribution is 2.36. The summed E-state index contributed by atoms with van der Waals surface area (Å²) in [5.74, 6) is 2.38. The number of imidazole rings is 1. The summed E-state index contributed by atoms with van der Waals surface area (Å²) in [5, 5.41) is 0. The summed E-state index contributed by atoms with van der Waals surface area (Å²) in [6, 6.07) is 9.20. The molecule has 102 valence electrons. The van der Waals surface area contributed by atoms with Crippen molar-refractivity contribution in [2.75, 3.05) is 20.0 Å². The molecule has 20 heavy (non-hydrogen) atoms. The lowest BCUT2D eigenvalue weighted by Crippen LogP contribution is -1.93. The van der Waals surface area contributed by atoms with E-state index in [1.807, 2.05) is 24.3 Å². The Bertz CT molecular complexity index is 767. The summed E-state index contributed by atoms with van der Waals surface area (Å²) in [5.41, 5.74) is 7.87. The monoisotopic (exact) mass is 270 g/mol. The van der Waals surface area contributed by atoms with Crippen LogP contribution in [0.4, 0.5) is 5.82 Å². The second-order valence-electron chi connectivity index (χ2n) is 4.23. The van der Waals surface area contributed by atoms with Crippen molar-refractivity contribution in [3.63, 3.8) is 0 Å². The Labute approximate surface area is 115 Å². The average Bonchev–Trinajstić information content (AvgIpc) is 2.88. The van der Waals surface area contributed by atoms with Gasteiger partial charge in [0.15, 0.2) is 17.1 Å². The van der Waals surface area contributed by atoms with Gasteiger partial charge < -0.3 is 20.2 Å². The van der Waals surface area contributed by atoms with E-state index in [9.17, 15) is 0 Å². The molecule has 1 aromatic carbocycles. The molecule has 0 aliphatic carbocycles. The smallest absolute Gasteiger partial charge is 0.180 e. The van der Waals surface area contributed by atoms with Crippen LogP contribution in [0, 0.1) is 0 Å². The Kier molecular flexibility index (Phi) is 2.90. The van der Waals surface area contributed by atoms with Gasteiger partial charge in [-0.2, -0.15) is 0 Å². The number of para-hydroxylation sites is 1. The van der Waals surface area contributed by atoms with Gasteiger partial charge in [-0.1, -0.05) is 6.07 Å². The highest BCUT2D eigenvalue weighted by Gasteiger charge is 2.15. The van der Waals surface area contributed by atoms with E-state index in [1.165, 1.54) is 0 Å². The van der Waals surface area contributed by atoms with E-state index in [1.54, 1.807) is 20.3 Å². The number of nitrogens with zero attached hydrogens (tertiary/aromatic N) is 2. The lowest BCUT2D eigenvalue weighted by atomic mass is 10.1. The molecule has 0 aliphatic rings. The third kappa shape index (κ3) is 1.91. The van der Waals surface area contributed by atoms with Crippen LogP contribution in [-0.4, -0.2) is 29.2 Å². The molecule has 3 rings (SSSR count). The van der Waals surface area contributed by atoms with E-state index >= 15 is 0 Å². The van der Waals surface area contributed by atoms with Gasteiger partial charge in [-0.05, 0) is 24.3 Å². The first kappa shape index (κ1) is 12.3. The van der Waals surface area contributed by atoms with Crippen LogP contribution in [0.5, 0.6) is 11.5 Å². The molecule has 0 aliphatic heterocycles. The number of nitrogens with one attached hydrogen (secondary N) is 1. The third-order valence-corrected chi connectivity index (χ3v) is 3.03. The molecule has 6 nitrogen and oxygen atoms in total. The number of nitrogens with two attached hydrogens (primary N) is 1. The van der Waals surface area contributed by atoms with E-state index in [0.717, 1.165) is 11.1 Å². The maximum atomic E-state index is 5.66. The number of anilines is 1. The number of H-pyrrole nitrogens is 1. The molecule has 2 aromatic heterocycles. The van der Waals surface area contributed by atoms with Crippen LogP contribution in [-0.2, 0) is 0 Å². The molecule has 0 atom stereocenters. The van der Waals surface area contributed by atoms with E-state index in [4.69, 9.17) is 15.2 Å². The summed E-state index contributed by atoms with van der Waals surface area (Å²) in [4.78, 5) is 11.8. The first-order valence-electron chi connectivity index (χ1n) is 6.06. The van der Waals surface area contributed by atoms with Crippen molar-refractivity contribution in [2.24, 2.45) is 0 Å². The van der Waals surface area contributed by atoms with Crippen LogP contribution in [0.15, 0.2) is 30.3 Å². The number of aromatic amines is 1. The molecule has 0 radical (unpaired) electrons. The standard InChI is InChI=1S/C14H14N4O2/c1-19-10-5-3-4-8(12(10)20-2)13-16-9-6-7-11(15)17-14(9)18-13/h3-7H,1-2H3,(H3,15,16,17,18). The molecule has 0 fully saturated rings. The van der Waals surface area contributed by atoms with Crippen LogP contribution in [0.1, 0.15) is 0 Å². The van der Waals surface area contributed by atoms with Gasteiger partial charge in [-0.3, -0.25) is 0 Å². The van der Waals surface area contributed by atoms with Gasteiger partial charge in [-0.25, -0.2) is 9.97 Å². The Morgan fingerprint density at radius 2 is 1.90 bits per heavy atom. The molecule has 0 saturated heterocycles. The second kappa shape index (κ2) is 4.73. The number of fused-ring (bicyclic) bond motifs is 1. The zero-order chi connectivity index (χ0) is 14.1. The molecule has 2 heterocycles. The summed E-state index contributed by atoms with van der Waals surface area (Å²) < 4.78 is 10.7. The zero-order valence-corrected chi connectivity index (χ0v) is 11.2. The first-order valence-corrected chi connectivity index (χ1v) is 6.06. The lowest BCUT2D eigenvalue weighted by Gasteiger charge is -2.10. The maximum absolute atomic E-state index is 5.66. The van der Waals surface area contributed by atoms with Gasteiger partial charge in [-0.15, -0.1) is 0 Å². The predicted octanol–water partition coefficient (Wildman–Crippen LogP) is 2.22. The number of hydrogen-bond acceptors (Lipinski definition) is 5. The van der Waals surface area contributed by atoms with Crippen molar-refractivity contribution in [1.82, 2.24) is 15.0 Å². The largest absolute Gasteiger partial charge is 0.493 e. The number of ether oxygens (including phenoxy) is 2. The highest BCUT2D eigenvalue weighted by atomic mass is 16.5. The molecule has 3 aromatic rings. The van der Waals surface area contributed by atoms with Crippen LogP contribution in [0.2, 0.25) is 0 Å². The van der Waals surface area contributed by atoms with Gasteiger partial charge in [0.2, 0.25) is 0 Å². The Hall–Kier alpha value is -2.76. The molecule has 0 bridgehead atoms. The zero-order valence-electron chi connectivity index (χ0n) is 11.2. The van der Waals surface area contributed by atoms with Crippen molar-refractivity contribution >= 4 is 17.0 Å². The fourth-order valence-corrected chi connectivity index (χ4v) is 2.11. The van der Waals surface area contributed by atoms with Gasteiger partial charge >= 0.3 is 0 Å². The second-order valence-corrected chi connectivity index (χ2v) is 4.23. The number of hydrogen-bond donors (Lipinski definition) is 2. The number of pyridine rings is 1. The van der Waals surface area contributed by atoms with E-state index < -0.39 is 0 Å². The molecule has 3 N–H and O–H groups in total. The minimum Gasteiger partial charge on any atom is -0.493 e. The van der Waals surface area contributed by atoms with Crippen molar-refractivity contribution in [2.45, 2.75) is 0 Å². The Morgan fingerprint density at radius 3 is 2.65 bits per heavy atom. The van der Waals surface area contributed by atoms with Crippen LogP contribution in [0.3, 0.4) is 0 Å². The van der Waals surface area contributed by atoms with E-state index in [0.29, 0.717) is 28.8 Å². The maximum Gasteiger partial charge on any atom is 0.180 e. The van der Waals surface area contributed by atoms with Gasteiger partial charge in [0.1, 0.15) is 11.6 Å². The number of rotatable bonds is 3. The van der Waals surface area contributed by atoms with Crippen molar-refractivity contribution in [3.8, 4) is 22.9 Å².